The van der Waals surface area contributed by atoms with E-state index >= 15 is 0 Å². The van der Waals surface area contributed by atoms with Crippen molar-refractivity contribution >= 4 is 29.1 Å². The molecule has 0 fully saturated rings. The van der Waals surface area contributed by atoms with E-state index < -0.39 is 0 Å². The van der Waals surface area contributed by atoms with Gasteiger partial charge in [-0.15, -0.1) is 5.10 Å². The monoisotopic (exact) mass is 369 g/mol. The minimum absolute atomic E-state index is 0.388. The first kappa shape index (κ1) is 17.9. The van der Waals surface area contributed by atoms with E-state index in [1.54, 1.807) is 13.3 Å². The molecular formula is C19H20ClN5O. The molecule has 0 aliphatic carbocycles. The molecule has 0 unspecified atom stereocenters. The maximum atomic E-state index is 6.33. The second-order valence-corrected chi connectivity index (χ2v) is 6.34. The van der Waals surface area contributed by atoms with Crippen molar-refractivity contribution in [2.75, 3.05) is 17.7 Å². The Morgan fingerprint density at radius 1 is 1.12 bits per heavy atom. The van der Waals surface area contributed by atoms with Crippen LogP contribution >= 0.6 is 11.6 Å². The lowest BCUT2D eigenvalue weighted by Crippen LogP contribution is -2.06. The number of benzene rings is 2. The zero-order valence-electron chi connectivity index (χ0n) is 14.9. The molecule has 0 bridgehead atoms. The van der Waals surface area contributed by atoms with Crippen molar-refractivity contribution in [1.29, 1.82) is 0 Å². The topological polar surface area (TPSA) is 72.0 Å². The van der Waals surface area contributed by atoms with Gasteiger partial charge in [0.05, 0.1) is 24.0 Å². The van der Waals surface area contributed by atoms with E-state index in [1.807, 2.05) is 50.2 Å². The SMILES string of the molecule is COc1ccc(CNc2cnnc(Nc3c(C)cc(C)cc3Cl)n2)cc1. The summed E-state index contributed by atoms with van der Waals surface area (Å²) in [6.45, 7) is 4.61. The molecule has 0 saturated heterocycles. The summed E-state index contributed by atoms with van der Waals surface area (Å²) in [5, 5.41) is 15.0. The molecule has 3 aromatic rings. The molecule has 1 aromatic heterocycles. The summed E-state index contributed by atoms with van der Waals surface area (Å²) < 4.78 is 5.16. The Morgan fingerprint density at radius 3 is 2.58 bits per heavy atom. The van der Waals surface area contributed by atoms with Crippen LogP contribution in [0, 0.1) is 13.8 Å². The van der Waals surface area contributed by atoms with Crippen LogP contribution in [0.3, 0.4) is 0 Å². The summed E-state index contributed by atoms with van der Waals surface area (Å²) in [6.07, 6.45) is 1.58. The highest BCUT2D eigenvalue weighted by Gasteiger charge is 2.08. The number of anilines is 3. The van der Waals surface area contributed by atoms with E-state index in [2.05, 4.69) is 25.8 Å². The van der Waals surface area contributed by atoms with Crippen LogP contribution < -0.4 is 15.4 Å². The number of nitrogens with zero attached hydrogens (tertiary/aromatic N) is 3. The Hall–Kier alpha value is -2.86. The third kappa shape index (κ3) is 4.40. The quantitative estimate of drug-likeness (QED) is 0.666. The molecule has 0 aliphatic rings. The molecule has 134 valence electrons. The van der Waals surface area contributed by atoms with Crippen LogP contribution in [0.2, 0.25) is 5.02 Å². The van der Waals surface area contributed by atoms with Crippen molar-refractivity contribution in [3.63, 3.8) is 0 Å². The van der Waals surface area contributed by atoms with Crippen LogP contribution in [0.15, 0.2) is 42.6 Å². The van der Waals surface area contributed by atoms with Crippen molar-refractivity contribution in [1.82, 2.24) is 15.2 Å². The number of halogens is 1. The minimum atomic E-state index is 0.388. The van der Waals surface area contributed by atoms with Gasteiger partial charge in [-0.3, -0.25) is 0 Å². The van der Waals surface area contributed by atoms with E-state index in [0.29, 0.717) is 23.3 Å². The van der Waals surface area contributed by atoms with Gasteiger partial charge in [-0.1, -0.05) is 29.8 Å². The molecule has 6 nitrogen and oxygen atoms in total. The van der Waals surface area contributed by atoms with Gasteiger partial charge in [0.2, 0.25) is 5.95 Å². The second-order valence-electron chi connectivity index (χ2n) is 5.93. The average molecular weight is 370 g/mol. The first-order chi connectivity index (χ1) is 12.5. The first-order valence-corrected chi connectivity index (χ1v) is 8.53. The summed E-state index contributed by atoms with van der Waals surface area (Å²) in [7, 11) is 1.65. The molecule has 2 aromatic carbocycles. The number of hydrogen-bond acceptors (Lipinski definition) is 6. The Kier molecular flexibility index (Phi) is 5.53. The fraction of sp³-hybridized carbons (Fsp3) is 0.211. The van der Waals surface area contributed by atoms with Gasteiger partial charge in [-0.05, 0) is 48.7 Å². The van der Waals surface area contributed by atoms with Gasteiger partial charge >= 0.3 is 0 Å². The van der Waals surface area contributed by atoms with Gasteiger partial charge in [0.15, 0.2) is 5.82 Å². The molecule has 0 aliphatic heterocycles. The van der Waals surface area contributed by atoms with Crippen LogP contribution in [-0.2, 0) is 6.54 Å². The fourth-order valence-corrected chi connectivity index (χ4v) is 2.93. The highest BCUT2D eigenvalue weighted by molar-refractivity contribution is 6.33. The number of aromatic nitrogens is 3. The van der Waals surface area contributed by atoms with Gasteiger partial charge in [0, 0.05) is 6.54 Å². The summed E-state index contributed by atoms with van der Waals surface area (Å²) in [4.78, 5) is 4.44. The van der Waals surface area contributed by atoms with Crippen LogP contribution in [0.5, 0.6) is 5.75 Å². The lowest BCUT2D eigenvalue weighted by molar-refractivity contribution is 0.414. The third-order valence-corrected chi connectivity index (χ3v) is 4.16. The molecule has 0 atom stereocenters. The molecule has 3 rings (SSSR count). The number of hydrogen-bond donors (Lipinski definition) is 2. The number of ether oxygens (including phenoxy) is 1. The van der Waals surface area contributed by atoms with E-state index in [1.165, 1.54) is 0 Å². The Morgan fingerprint density at radius 2 is 1.88 bits per heavy atom. The summed E-state index contributed by atoms with van der Waals surface area (Å²) in [5.41, 5.74) is 4.02. The van der Waals surface area contributed by atoms with E-state index in [-0.39, 0.29) is 0 Å². The zero-order chi connectivity index (χ0) is 18.5. The summed E-state index contributed by atoms with van der Waals surface area (Å²) in [5.74, 6) is 1.84. The molecule has 0 spiro atoms. The van der Waals surface area contributed by atoms with Gasteiger partial charge in [0.1, 0.15) is 5.75 Å². The lowest BCUT2D eigenvalue weighted by Gasteiger charge is -2.12. The minimum Gasteiger partial charge on any atom is -0.497 e. The highest BCUT2D eigenvalue weighted by atomic mass is 35.5. The Labute approximate surface area is 157 Å². The maximum absolute atomic E-state index is 6.33. The maximum Gasteiger partial charge on any atom is 0.249 e. The van der Waals surface area contributed by atoms with Gasteiger partial charge in [-0.25, -0.2) is 0 Å². The van der Waals surface area contributed by atoms with E-state index in [0.717, 1.165) is 28.1 Å². The smallest absolute Gasteiger partial charge is 0.249 e. The first-order valence-electron chi connectivity index (χ1n) is 8.15. The van der Waals surface area contributed by atoms with Crippen LogP contribution in [0.1, 0.15) is 16.7 Å². The molecule has 2 N–H and O–H groups in total. The molecule has 0 amide bonds. The van der Waals surface area contributed by atoms with Crippen molar-refractivity contribution in [2.24, 2.45) is 0 Å². The predicted molar refractivity (Wildman–Crippen MR) is 104 cm³/mol. The van der Waals surface area contributed by atoms with Gasteiger partial charge in [0.25, 0.3) is 0 Å². The average Bonchev–Trinajstić information content (AvgIpc) is 2.64. The summed E-state index contributed by atoms with van der Waals surface area (Å²) in [6, 6.07) is 11.8. The number of rotatable bonds is 6. The Bertz CT molecular complexity index is 876. The Balaban J connectivity index is 1.70. The zero-order valence-corrected chi connectivity index (χ0v) is 15.6. The van der Waals surface area contributed by atoms with E-state index in [9.17, 15) is 0 Å². The standard InChI is InChI=1S/C19H20ClN5O/c1-12-8-13(2)18(16(20)9-12)24-19-23-17(11-22-25-19)21-10-14-4-6-15(26-3)7-5-14/h4-9,11H,10H2,1-3H3,(H2,21,23,24,25). The number of aryl methyl sites for hydroxylation is 2. The molecule has 0 saturated carbocycles. The largest absolute Gasteiger partial charge is 0.497 e. The van der Waals surface area contributed by atoms with Crippen LogP contribution in [0.4, 0.5) is 17.5 Å². The van der Waals surface area contributed by atoms with Crippen LogP contribution in [-0.4, -0.2) is 22.3 Å². The molecule has 26 heavy (non-hydrogen) atoms. The predicted octanol–water partition coefficient (Wildman–Crippen LogP) is 4.51. The van der Waals surface area contributed by atoms with E-state index in [4.69, 9.17) is 16.3 Å². The summed E-state index contributed by atoms with van der Waals surface area (Å²) >= 11 is 6.33. The van der Waals surface area contributed by atoms with Crippen molar-refractivity contribution in [2.45, 2.75) is 20.4 Å². The van der Waals surface area contributed by atoms with Crippen molar-refractivity contribution in [3.8, 4) is 5.75 Å². The third-order valence-electron chi connectivity index (χ3n) is 3.86. The lowest BCUT2D eigenvalue weighted by atomic mass is 10.1. The molecule has 0 radical (unpaired) electrons. The van der Waals surface area contributed by atoms with Gasteiger partial charge in [-0.2, -0.15) is 10.1 Å². The highest BCUT2D eigenvalue weighted by Crippen LogP contribution is 2.29. The molecule has 1 heterocycles. The fourth-order valence-electron chi connectivity index (χ4n) is 2.56. The second kappa shape index (κ2) is 8.01. The number of nitrogens with one attached hydrogen (secondary N) is 2. The van der Waals surface area contributed by atoms with Crippen molar-refractivity contribution < 1.29 is 4.74 Å². The van der Waals surface area contributed by atoms with Gasteiger partial charge < -0.3 is 15.4 Å². The van der Waals surface area contributed by atoms with Crippen molar-refractivity contribution in [3.05, 3.63) is 64.3 Å². The normalized spacial score (nSPS) is 10.5. The number of methoxy groups -OCH3 is 1. The van der Waals surface area contributed by atoms with Crippen LogP contribution in [0.25, 0.3) is 0 Å². The molecular weight excluding hydrogens is 350 g/mol. The molecule has 7 heteroatoms.